The molecule has 0 spiro atoms. The standard InChI is InChI=1S/C17H29FN2/c1-12(2)19-11-13(3)14(4)20(6)15(5)16-9-7-8-10-17(16)18/h7-10,12-15,19H,11H2,1-6H3. The number of hydrogen-bond donors (Lipinski definition) is 1. The first-order valence-electron chi connectivity index (χ1n) is 7.54. The van der Waals surface area contributed by atoms with Gasteiger partial charge < -0.3 is 5.32 Å². The Morgan fingerprint density at radius 1 is 1.10 bits per heavy atom. The van der Waals surface area contributed by atoms with Crippen LogP contribution in [0.3, 0.4) is 0 Å². The Kier molecular flexibility index (Phi) is 6.63. The number of nitrogens with one attached hydrogen (secondary N) is 1. The first-order valence-corrected chi connectivity index (χ1v) is 7.54. The molecule has 0 fully saturated rings. The van der Waals surface area contributed by atoms with Crippen LogP contribution >= 0.6 is 0 Å². The summed E-state index contributed by atoms with van der Waals surface area (Å²) in [5, 5.41) is 3.47. The molecule has 0 amide bonds. The zero-order valence-electron chi connectivity index (χ0n) is 13.7. The first kappa shape index (κ1) is 17.1. The van der Waals surface area contributed by atoms with E-state index in [9.17, 15) is 4.39 Å². The quantitative estimate of drug-likeness (QED) is 0.816. The molecule has 3 unspecified atom stereocenters. The van der Waals surface area contributed by atoms with Gasteiger partial charge in [-0.2, -0.15) is 0 Å². The third-order valence-corrected chi connectivity index (χ3v) is 4.28. The molecule has 1 rings (SSSR count). The fraction of sp³-hybridized carbons (Fsp3) is 0.647. The monoisotopic (exact) mass is 280 g/mol. The molecule has 2 nitrogen and oxygen atoms in total. The Labute approximate surface area is 123 Å². The van der Waals surface area contributed by atoms with E-state index in [0.29, 0.717) is 18.0 Å². The van der Waals surface area contributed by atoms with Crippen molar-refractivity contribution < 1.29 is 4.39 Å². The molecule has 0 bridgehead atoms. The van der Waals surface area contributed by atoms with Crippen molar-refractivity contribution in [1.82, 2.24) is 10.2 Å². The minimum absolute atomic E-state index is 0.0766. The minimum atomic E-state index is -0.119. The van der Waals surface area contributed by atoms with Gasteiger partial charge in [-0.1, -0.05) is 39.0 Å². The highest BCUT2D eigenvalue weighted by Crippen LogP contribution is 2.25. The summed E-state index contributed by atoms with van der Waals surface area (Å²) < 4.78 is 13.9. The van der Waals surface area contributed by atoms with E-state index in [1.807, 2.05) is 12.1 Å². The third kappa shape index (κ3) is 4.57. The predicted octanol–water partition coefficient (Wildman–Crippen LogP) is 3.84. The van der Waals surface area contributed by atoms with E-state index >= 15 is 0 Å². The topological polar surface area (TPSA) is 15.3 Å². The summed E-state index contributed by atoms with van der Waals surface area (Å²) in [5.41, 5.74) is 0.769. The Morgan fingerprint density at radius 2 is 1.70 bits per heavy atom. The van der Waals surface area contributed by atoms with Crippen LogP contribution in [-0.4, -0.2) is 30.6 Å². The van der Waals surface area contributed by atoms with Gasteiger partial charge in [-0.3, -0.25) is 4.90 Å². The van der Waals surface area contributed by atoms with Crippen LogP contribution in [-0.2, 0) is 0 Å². The highest BCUT2D eigenvalue weighted by Gasteiger charge is 2.23. The van der Waals surface area contributed by atoms with Crippen LogP contribution < -0.4 is 5.32 Å². The molecule has 3 heteroatoms. The lowest BCUT2D eigenvalue weighted by Crippen LogP contribution is -2.41. The Balaban J connectivity index is 2.68. The van der Waals surface area contributed by atoms with Gasteiger partial charge in [-0.05, 0) is 39.4 Å². The van der Waals surface area contributed by atoms with E-state index in [4.69, 9.17) is 0 Å². The molecule has 1 aromatic rings. The SMILES string of the molecule is CC(C)NCC(C)C(C)N(C)C(C)c1ccccc1F. The number of rotatable bonds is 7. The molecule has 0 aromatic heterocycles. The van der Waals surface area contributed by atoms with Gasteiger partial charge in [0, 0.05) is 23.7 Å². The van der Waals surface area contributed by atoms with Crippen molar-refractivity contribution in [2.75, 3.05) is 13.6 Å². The minimum Gasteiger partial charge on any atom is -0.314 e. The maximum absolute atomic E-state index is 13.9. The van der Waals surface area contributed by atoms with Crippen LogP contribution in [0, 0.1) is 11.7 Å². The maximum atomic E-state index is 13.9. The lowest BCUT2D eigenvalue weighted by molar-refractivity contribution is 0.146. The Bertz CT molecular complexity index is 406. The van der Waals surface area contributed by atoms with Crippen LogP contribution in [0.4, 0.5) is 4.39 Å². The van der Waals surface area contributed by atoms with Crippen molar-refractivity contribution in [1.29, 1.82) is 0 Å². The average molecular weight is 280 g/mol. The van der Waals surface area contributed by atoms with E-state index in [0.717, 1.165) is 12.1 Å². The summed E-state index contributed by atoms with van der Waals surface area (Å²) in [6.07, 6.45) is 0. The summed E-state index contributed by atoms with van der Waals surface area (Å²) in [6, 6.07) is 8.01. The van der Waals surface area contributed by atoms with Gasteiger partial charge in [-0.25, -0.2) is 4.39 Å². The molecule has 0 radical (unpaired) electrons. The largest absolute Gasteiger partial charge is 0.314 e. The van der Waals surface area contributed by atoms with Gasteiger partial charge in [0.05, 0.1) is 0 Å². The van der Waals surface area contributed by atoms with Gasteiger partial charge >= 0.3 is 0 Å². The normalized spacial score (nSPS) is 16.4. The van der Waals surface area contributed by atoms with E-state index in [2.05, 4.69) is 51.9 Å². The second-order valence-corrected chi connectivity index (χ2v) is 6.14. The molecular formula is C17H29FN2. The van der Waals surface area contributed by atoms with Crippen molar-refractivity contribution in [2.24, 2.45) is 5.92 Å². The van der Waals surface area contributed by atoms with Crippen LogP contribution in [0.5, 0.6) is 0 Å². The zero-order chi connectivity index (χ0) is 15.3. The fourth-order valence-corrected chi connectivity index (χ4v) is 2.38. The highest BCUT2D eigenvalue weighted by atomic mass is 19.1. The number of hydrogen-bond acceptors (Lipinski definition) is 2. The van der Waals surface area contributed by atoms with E-state index in [1.54, 1.807) is 6.07 Å². The van der Waals surface area contributed by atoms with Crippen molar-refractivity contribution >= 4 is 0 Å². The van der Waals surface area contributed by atoms with Crippen molar-refractivity contribution in [3.05, 3.63) is 35.6 Å². The van der Waals surface area contributed by atoms with Crippen LogP contribution in [0.1, 0.15) is 46.2 Å². The molecule has 1 N–H and O–H groups in total. The molecule has 0 aliphatic carbocycles. The molecule has 0 aliphatic heterocycles. The van der Waals surface area contributed by atoms with Crippen molar-refractivity contribution in [3.8, 4) is 0 Å². The summed E-state index contributed by atoms with van der Waals surface area (Å²) in [5.74, 6) is 0.392. The van der Waals surface area contributed by atoms with Crippen LogP contribution in [0.2, 0.25) is 0 Å². The maximum Gasteiger partial charge on any atom is 0.127 e. The lowest BCUT2D eigenvalue weighted by atomic mass is 9.98. The van der Waals surface area contributed by atoms with Crippen LogP contribution in [0.15, 0.2) is 24.3 Å². The summed E-state index contributed by atoms with van der Waals surface area (Å²) >= 11 is 0. The molecule has 0 aliphatic rings. The van der Waals surface area contributed by atoms with E-state index in [1.165, 1.54) is 6.07 Å². The second-order valence-electron chi connectivity index (χ2n) is 6.14. The molecule has 3 atom stereocenters. The summed E-state index contributed by atoms with van der Waals surface area (Å²) in [6.45, 7) is 11.8. The van der Waals surface area contributed by atoms with E-state index < -0.39 is 0 Å². The molecule has 0 saturated heterocycles. The fourth-order valence-electron chi connectivity index (χ4n) is 2.38. The zero-order valence-corrected chi connectivity index (χ0v) is 13.7. The predicted molar refractivity (Wildman–Crippen MR) is 84.3 cm³/mol. The summed E-state index contributed by atoms with van der Waals surface area (Å²) in [4.78, 5) is 2.26. The van der Waals surface area contributed by atoms with Gasteiger partial charge in [0.2, 0.25) is 0 Å². The number of benzene rings is 1. The van der Waals surface area contributed by atoms with Gasteiger partial charge in [-0.15, -0.1) is 0 Å². The molecule has 114 valence electrons. The number of halogens is 1. The molecule has 1 aromatic carbocycles. The molecular weight excluding hydrogens is 251 g/mol. The van der Waals surface area contributed by atoms with Crippen molar-refractivity contribution in [3.63, 3.8) is 0 Å². The van der Waals surface area contributed by atoms with Gasteiger partial charge in [0.15, 0.2) is 0 Å². The van der Waals surface area contributed by atoms with E-state index in [-0.39, 0.29) is 11.9 Å². The van der Waals surface area contributed by atoms with Crippen molar-refractivity contribution in [2.45, 2.75) is 52.7 Å². The molecule has 0 heterocycles. The Hall–Kier alpha value is -0.930. The first-order chi connectivity index (χ1) is 9.34. The highest BCUT2D eigenvalue weighted by molar-refractivity contribution is 5.20. The Morgan fingerprint density at radius 3 is 2.25 bits per heavy atom. The summed E-state index contributed by atoms with van der Waals surface area (Å²) in [7, 11) is 2.08. The van der Waals surface area contributed by atoms with Crippen LogP contribution in [0.25, 0.3) is 0 Å². The molecule has 20 heavy (non-hydrogen) atoms. The van der Waals surface area contributed by atoms with Gasteiger partial charge in [0.25, 0.3) is 0 Å². The molecule has 0 saturated carbocycles. The third-order valence-electron chi connectivity index (χ3n) is 4.28. The lowest BCUT2D eigenvalue weighted by Gasteiger charge is -2.35. The average Bonchev–Trinajstić information content (AvgIpc) is 2.42. The number of nitrogens with zero attached hydrogens (tertiary/aromatic N) is 1. The smallest absolute Gasteiger partial charge is 0.127 e. The second kappa shape index (κ2) is 7.75. The van der Waals surface area contributed by atoms with Gasteiger partial charge in [0.1, 0.15) is 5.82 Å².